The lowest BCUT2D eigenvalue weighted by Gasteiger charge is -2.58. The van der Waals surface area contributed by atoms with Gasteiger partial charge in [0.05, 0.1) is 12.7 Å². The van der Waals surface area contributed by atoms with Gasteiger partial charge in [0, 0.05) is 0 Å². The summed E-state index contributed by atoms with van der Waals surface area (Å²) < 4.78 is 11.9. The summed E-state index contributed by atoms with van der Waals surface area (Å²) in [6, 6.07) is 0. The van der Waals surface area contributed by atoms with Gasteiger partial charge in [-0.05, 0) is 110 Å². The van der Waals surface area contributed by atoms with Crippen LogP contribution in [-0.2, 0) is 9.47 Å². The highest BCUT2D eigenvalue weighted by Gasteiger charge is 2.58. The Hall–Kier alpha value is -0.760. The van der Waals surface area contributed by atoms with Crippen molar-refractivity contribution < 1.29 is 29.9 Å². The van der Waals surface area contributed by atoms with Crippen LogP contribution in [0.3, 0.4) is 0 Å². The van der Waals surface area contributed by atoms with Gasteiger partial charge in [0.1, 0.15) is 24.4 Å². The van der Waals surface area contributed by atoms with Crippen molar-refractivity contribution in [2.45, 2.75) is 136 Å². The second-order valence-corrected chi connectivity index (χ2v) is 15.3. The van der Waals surface area contributed by atoms with Crippen LogP contribution in [0, 0.1) is 52.3 Å². The Morgan fingerprint density at radius 1 is 0.951 bits per heavy atom. The van der Waals surface area contributed by atoms with Crippen LogP contribution in [0.4, 0.5) is 0 Å². The molecule has 4 aliphatic carbocycles. The highest BCUT2D eigenvalue weighted by molar-refractivity contribution is 5.28. The smallest absolute Gasteiger partial charge is 0.186 e. The van der Waals surface area contributed by atoms with Gasteiger partial charge in [-0.1, -0.05) is 65.3 Å². The van der Waals surface area contributed by atoms with Crippen molar-refractivity contribution in [2.24, 2.45) is 52.3 Å². The molecule has 6 heteroatoms. The molecular formula is C35H58O6. The van der Waals surface area contributed by atoms with E-state index >= 15 is 0 Å². The zero-order valence-electron chi connectivity index (χ0n) is 26.4. The topological polar surface area (TPSA) is 99.4 Å². The molecule has 9 unspecified atom stereocenters. The molecule has 0 aromatic heterocycles. The average Bonchev–Trinajstić information content (AvgIpc) is 3.30. The summed E-state index contributed by atoms with van der Waals surface area (Å²) in [5.41, 5.74) is 2.41. The number of fused-ring (bicyclic) bond motifs is 5. The molecule has 234 valence electrons. The molecule has 0 aromatic rings. The van der Waals surface area contributed by atoms with E-state index in [4.69, 9.17) is 9.47 Å². The number of hydrogen-bond donors (Lipinski definition) is 4. The summed E-state index contributed by atoms with van der Waals surface area (Å²) in [6.45, 7) is 14.2. The van der Waals surface area contributed by atoms with Crippen LogP contribution in [0.2, 0.25) is 0 Å². The SMILES string of the molecule is CC[C@H](C=C[C@@H](C)C1CCC2C3=CCC4C[C@@H](OC5OC(CO)C(O)C(O)C5O)CC[C@]4(C)C3CC[C@@]21C)C(C)C. The highest BCUT2D eigenvalue weighted by Crippen LogP contribution is 2.67. The summed E-state index contributed by atoms with van der Waals surface area (Å²) in [4.78, 5) is 0. The molecule has 0 radical (unpaired) electrons. The van der Waals surface area contributed by atoms with Crippen molar-refractivity contribution in [3.63, 3.8) is 0 Å². The first-order chi connectivity index (χ1) is 19.4. The second kappa shape index (κ2) is 12.3. The molecule has 4 N–H and O–H groups in total. The van der Waals surface area contributed by atoms with E-state index < -0.39 is 37.3 Å². The Kier molecular flexibility index (Phi) is 9.51. The minimum absolute atomic E-state index is 0.0698. The summed E-state index contributed by atoms with van der Waals surface area (Å²) in [5, 5.41) is 40.4. The van der Waals surface area contributed by atoms with Gasteiger partial charge in [0.15, 0.2) is 6.29 Å². The van der Waals surface area contributed by atoms with Gasteiger partial charge >= 0.3 is 0 Å². The predicted molar refractivity (Wildman–Crippen MR) is 161 cm³/mol. The van der Waals surface area contributed by atoms with Gasteiger partial charge < -0.3 is 29.9 Å². The molecule has 5 aliphatic rings. The fraction of sp³-hybridized carbons (Fsp3) is 0.886. The lowest BCUT2D eigenvalue weighted by molar-refractivity contribution is -0.315. The van der Waals surface area contributed by atoms with Crippen LogP contribution >= 0.6 is 0 Å². The van der Waals surface area contributed by atoms with E-state index in [1.165, 1.54) is 32.1 Å². The zero-order valence-corrected chi connectivity index (χ0v) is 26.4. The maximum atomic E-state index is 10.5. The molecule has 4 fully saturated rings. The average molecular weight is 575 g/mol. The summed E-state index contributed by atoms with van der Waals surface area (Å²) in [5.74, 6) is 4.61. The number of aliphatic hydroxyl groups is 4. The van der Waals surface area contributed by atoms with Crippen molar-refractivity contribution in [3.05, 3.63) is 23.8 Å². The summed E-state index contributed by atoms with van der Waals surface area (Å²) >= 11 is 0. The van der Waals surface area contributed by atoms with Gasteiger partial charge in [-0.25, -0.2) is 0 Å². The van der Waals surface area contributed by atoms with Gasteiger partial charge in [0.25, 0.3) is 0 Å². The molecule has 1 aliphatic heterocycles. The normalized spacial score (nSPS) is 47.9. The van der Waals surface area contributed by atoms with E-state index in [0.717, 1.165) is 31.6 Å². The molecule has 5 rings (SSSR count). The maximum absolute atomic E-state index is 10.5. The van der Waals surface area contributed by atoms with Crippen LogP contribution in [0.1, 0.15) is 99.3 Å². The molecule has 3 saturated carbocycles. The minimum atomic E-state index is -1.40. The summed E-state index contributed by atoms with van der Waals surface area (Å²) in [7, 11) is 0. The number of rotatable bonds is 8. The minimum Gasteiger partial charge on any atom is -0.394 e. The predicted octanol–water partition coefficient (Wildman–Crippen LogP) is 5.63. The van der Waals surface area contributed by atoms with Crippen LogP contribution in [-0.4, -0.2) is 63.8 Å². The Morgan fingerprint density at radius 2 is 1.66 bits per heavy atom. The second-order valence-electron chi connectivity index (χ2n) is 15.3. The fourth-order valence-electron chi connectivity index (χ4n) is 10.2. The van der Waals surface area contributed by atoms with E-state index in [-0.39, 0.29) is 11.5 Å². The van der Waals surface area contributed by atoms with Crippen LogP contribution in [0.25, 0.3) is 0 Å². The van der Waals surface area contributed by atoms with Gasteiger partial charge in [-0.3, -0.25) is 0 Å². The molecule has 0 amide bonds. The molecule has 41 heavy (non-hydrogen) atoms. The molecule has 0 spiro atoms. The Labute approximate surface area is 248 Å². The molecule has 0 aromatic carbocycles. The van der Waals surface area contributed by atoms with Crippen LogP contribution < -0.4 is 0 Å². The first kappa shape index (κ1) is 31.7. The monoisotopic (exact) mass is 574 g/mol. The van der Waals surface area contributed by atoms with Gasteiger partial charge in [-0.2, -0.15) is 0 Å². The fourth-order valence-corrected chi connectivity index (χ4v) is 10.2. The van der Waals surface area contributed by atoms with Crippen molar-refractivity contribution in [2.75, 3.05) is 6.61 Å². The largest absolute Gasteiger partial charge is 0.394 e. The number of hydrogen-bond acceptors (Lipinski definition) is 6. The maximum Gasteiger partial charge on any atom is 0.186 e. The third-order valence-electron chi connectivity index (χ3n) is 12.9. The van der Waals surface area contributed by atoms with E-state index in [1.807, 2.05) is 0 Å². The standard InChI is InChI=1S/C35H58O6/c1-7-22(20(2)3)9-8-21(4)26-12-13-27-25-11-10-23-18-24(14-16-34(23,5)28(25)15-17-35(26,27)6)40-33-32(39)31(38)30(37)29(19-36)41-33/h8-9,11,20-24,26-33,36-39H,7,10,12-19H2,1-6H3/t21-,22-,23?,24+,26?,27?,28?,29?,30?,31?,32?,33?,34+,35-/m1/s1. The summed E-state index contributed by atoms with van der Waals surface area (Å²) in [6.07, 6.45) is 12.0. The van der Waals surface area contributed by atoms with Crippen molar-refractivity contribution in [1.29, 1.82) is 0 Å². The van der Waals surface area contributed by atoms with Gasteiger partial charge in [-0.15, -0.1) is 0 Å². The quantitative estimate of drug-likeness (QED) is 0.281. The first-order valence-corrected chi connectivity index (χ1v) is 16.8. The Morgan fingerprint density at radius 3 is 2.34 bits per heavy atom. The molecule has 6 nitrogen and oxygen atoms in total. The van der Waals surface area contributed by atoms with E-state index in [0.29, 0.717) is 40.9 Å². The number of ether oxygens (including phenoxy) is 2. The van der Waals surface area contributed by atoms with Crippen molar-refractivity contribution in [1.82, 2.24) is 0 Å². The number of allylic oxidation sites excluding steroid dienone is 4. The molecule has 0 bridgehead atoms. The van der Waals surface area contributed by atoms with Crippen molar-refractivity contribution >= 4 is 0 Å². The molecule has 14 atom stereocenters. The lowest BCUT2D eigenvalue weighted by atomic mass is 9.47. The van der Waals surface area contributed by atoms with E-state index in [1.54, 1.807) is 5.57 Å². The zero-order chi connectivity index (χ0) is 29.7. The lowest BCUT2D eigenvalue weighted by Crippen LogP contribution is -2.60. The van der Waals surface area contributed by atoms with Crippen molar-refractivity contribution in [3.8, 4) is 0 Å². The molecule has 1 saturated heterocycles. The molecule has 1 heterocycles. The highest BCUT2D eigenvalue weighted by atomic mass is 16.7. The van der Waals surface area contributed by atoms with Crippen LogP contribution in [0.5, 0.6) is 0 Å². The van der Waals surface area contributed by atoms with Crippen LogP contribution in [0.15, 0.2) is 23.8 Å². The van der Waals surface area contributed by atoms with E-state index in [9.17, 15) is 20.4 Å². The number of aliphatic hydroxyl groups excluding tert-OH is 4. The third-order valence-corrected chi connectivity index (χ3v) is 12.9. The molecular weight excluding hydrogens is 516 g/mol. The van der Waals surface area contributed by atoms with E-state index in [2.05, 4.69) is 59.8 Å². The Bertz CT molecular complexity index is 960. The first-order valence-electron chi connectivity index (χ1n) is 16.8. The Balaban J connectivity index is 1.26. The third kappa shape index (κ3) is 5.64. The van der Waals surface area contributed by atoms with Gasteiger partial charge in [0.2, 0.25) is 0 Å².